The van der Waals surface area contributed by atoms with Crippen LogP contribution in [-0.4, -0.2) is 37.1 Å². The van der Waals surface area contributed by atoms with Gasteiger partial charge in [-0.2, -0.15) is 0 Å². The third-order valence-electron chi connectivity index (χ3n) is 2.82. The van der Waals surface area contributed by atoms with Gasteiger partial charge in [0.2, 0.25) is 0 Å². The van der Waals surface area contributed by atoms with Crippen LogP contribution in [0, 0.1) is 0 Å². The molecule has 0 amide bonds. The standard InChI is InChI=1S/C16H26ClNO3/c1-4-7-18-9-13-8-14(17)5-6-16(13)21-11-15(19)10-20-12(2)3/h5-6,8,12,15,18-19H,4,7,9-11H2,1-3H3. The Hall–Kier alpha value is -0.810. The summed E-state index contributed by atoms with van der Waals surface area (Å²) in [4.78, 5) is 0. The van der Waals surface area contributed by atoms with Crippen molar-refractivity contribution in [2.24, 2.45) is 0 Å². The molecule has 0 aromatic heterocycles. The largest absolute Gasteiger partial charge is 0.490 e. The third kappa shape index (κ3) is 7.67. The lowest BCUT2D eigenvalue weighted by Gasteiger charge is -2.17. The molecule has 1 aromatic carbocycles. The molecule has 1 aromatic rings. The minimum atomic E-state index is -0.639. The average Bonchev–Trinajstić information content (AvgIpc) is 2.44. The molecule has 0 radical (unpaired) electrons. The van der Waals surface area contributed by atoms with Crippen LogP contribution in [0.2, 0.25) is 5.02 Å². The fourth-order valence-electron chi connectivity index (χ4n) is 1.76. The molecule has 5 heteroatoms. The Morgan fingerprint density at radius 2 is 2.05 bits per heavy atom. The highest BCUT2D eigenvalue weighted by Gasteiger charge is 2.10. The lowest BCUT2D eigenvalue weighted by molar-refractivity contribution is -0.0124. The van der Waals surface area contributed by atoms with Crippen LogP contribution in [0.3, 0.4) is 0 Å². The predicted molar refractivity (Wildman–Crippen MR) is 86.0 cm³/mol. The minimum absolute atomic E-state index is 0.101. The molecule has 0 spiro atoms. The number of halogens is 1. The van der Waals surface area contributed by atoms with Gasteiger partial charge in [-0.1, -0.05) is 18.5 Å². The number of hydrogen-bond donors (Lipinski definition) is 2. The molecule has 0 heterocycles. The van der Waals surface area contributed by atoms with E-state index in [0.717, 1.165) is 24.3 Å². The summed E-state index contributed by atoms with van der Waals surface area (Å²) in [6, 6.07) is 5.51. The van der Waals surface area contributed by atoms with Gasteiger partial charge in [-0.25, -0.2) is 0 Å². The van der Waals surface area contributed by atoms with Crippen molar-refractivity contribution in [3.05, 3.63) is 28.8 Å². The zero-order valence-corrected chi connectivity index (χ0v) is 13.8. The van der Waals surface area contributed by atoms with Crippen molar-refractivity contribution in [1.29, 1.82) is 0 Å². The molecule has 1 unspecified atom stereocenters. The van der Waals surface area contributed by atoms with Crippen LogP contribution in [0.15, 0.2) is 18.2 Å². The fourth-order valence-corrected chi connectivity index (χ4v) is 1.96. The van der Waals surface area contributed by atoms with Gasteiger partial charge in [-0.05, 0) is 45.0 Å². The summed E-state index contributed by atoms with van der Waals surface area (Å²) in [5.74, 6) is 0.742. The number of nitrogens with one attached hydrogen (secondary N) is 1. The number of aliphatic hydroxyl groups is 1. The minimum Gasteiger partial charge on any atom is -0.490 e. The third-order valence-corrected chi connectivity index (χ3v) is 3.05. The molecule has 4 nitrogen and oxygen atoms in total. The van der Waals surface area contributed by atoms with E-state index in [9.17, 15) is 5.11 Å². The van der Waals surface area contributed by atoms with Crippen LogP contribution < -0.4 is 10.1 Å². The molecule has 21 heavy (non-hydrogen) atoms. The van der Waals surface area contributed by atoms with Gasteiger partial charge in [-0.3, -0.25) is 0 Å². The monoisotopic (exact) mass is 315 g/mol. The molecule has 0 aliphatic rings. The van der Waals surface area contributed by atoms with Crippen LogP contribution in [0.1, 0.15) is 32.8 Å². The highest BCUT2D eigenvalue weighted by Crippen LogP contribution is 2.23. The van der Waals surface area contributed by atoms with E-state index >= 15 is 0 Å². The maximum Gasteiger partial charge on any atom is 0.124 e. The van der Waals surface area contributed by atoms with Crippen molar-refractivity contribution in [2.45, 2.75) is 45.9 Å². The van der Waals surface area contributed by atoms with Crippen molar-refractivity contribution >= 4 is 11.6 Å². The molecule has 1 atom stereocenters. The highest BCUT2D eigenvalue weighted by molar-refractivity contribution is 6.30. The lowest BCUT2D eigenvalue weighted by atomic mass is 10.2. The number of rotatable bonds is 10. The van der Waals surface area contributed by atoms with Gasteiger partial charge in [0.1, 0.15) is 18.5 Å². The first-order valence-electron chi connectivity index (χ1n) is 7.44. The maximum absolute atomic E-state index is 9.83. The lowest BCUT2D eigenvalue weighted by Crippen LogP contribution is -2.25. The van der Waals surface area contributed by atoms with Crippen molar-refractivity contribution in [1.82, 2.24) is 5.32 Å². The zero-order valence-electron chi connectivity index (χ0n) is 13.1. The molecule has 0 saturated heterocycles. The van der Waals surface area contributed by atoms with Gasteiger partial charge in [0, 0.05) is 17.1 Å². The first-order chi connectivity index (χ1) is 10.0. The quantitative estimate of drug-likeness (QED) is 0.652. The second-order valence-corrected chi connectivity index (χ2v) is 5.71. The summed E-state index contributed by atoms with van der Waals surface area (Å²) < 4.78 is 11.0. The topological polar surface area (TPSA) is 50.7 Å². The van der Waals surface area contributed by atoms with Crippen molar-refractivity contribution in [2.75, 3.05) is 19.8 Å². The number of benzene rings is 1. The Morgan fingerprint density at radius 1 is 1.29 bits per heavy atom. The van der Waals surface area contributed by atoms with E-state index in [1.54, 1.807) is 6.07 Å². The van der Waals surface area contributed by atoms with Gasteiger partial charge in [0.25, 0.3) is 0 Å². The van der Waals surface area contributed by atoms with Crippen LogP contribution >= 0.6 is 11.6 Å². The second kappa shape index (κ2) is 10.0. The molecule has 0 aliphatic carbocycles. The van der Waals surface area contributed by atoms with Gasteiger partial charge in [-0.15, -0.1) is 0 Å². The Morgan fingerprint density at radius 3 is 2.71 bits per heavy atom. The summed E-state index contributed by atoms with van der Waals surface area (Å²) in [5.41, 5.74) is 0.993. The molecular weight excluding hydrogens is 290 g/mol. The summed E-state index contributed by atoms with van der Waals surface area (Å²) in [6.07, 6.45) is 0.533. The number of ether oxygens (including phenoxy) is 2. The predicted octanol–water partition coefficient (Wildman–Crippen LogP) is 3.00. The van der Waals surface area contributed by atoms with E-state index in [2.05, 4.69) is 12.2 Å². The summed E-state index contributed by atoms with van der Waals surface area (Å²) in [7, 11) is 0. The van der Waals surface area contributed by atoms with Crippen LogP contribution in [0.5, 0.6) is 5.75 Å². The molecule has 0 saturated carbocycles. The van der Waals surface area contributed by atoms with Gasteiger partial charge < -0.3 is 19.9 Å². The van der Waals surface area contributed by atoms with Crippen molar-refractivity contribution < 1.29 is 14.6 Å². The van der Waals surface area contributed by atoms with E-state index in [-0.39, 0.29) is 19.3 Å². The summed E-state index contributed by atoms with van der Waals surface area (Å²) in [5, 5.41) is 13.8. The molecule has 2 N–H and O–H groups in total. The van der Waals surface area contributed by atoms with Gasteiger partial charge in [0.15, 0.2) is 0 Å². The van der Waals surface area contributed by atoms with Crippen molar-refractivity contribution in [3.8, 4) is 5.75 Å². The van der Waals surface area contributed by atoms with Crippen LogP contribution in [0.25, 0.3) is 0 Å². The molecule has 0 bridgehead atoms. The normalized spacial score (nSPS) is 12.7. The smallest absolute Gasteiger partial charge is 0.124 e. The summed E-state index contributed by atoms with van der Waals surface area (Å²) >= 11 is 6.02. The second-order valence-electron chi connectivity index (χ2n) is 5.28. The molecule has 0 fully saturated rings. The van der Waals surface area contributed by atoms with Crippen LogP contribution in [0.4, 0.5) is 0 Å². The highest BCUT2D eigenvalue weighted by atomic mass is 35.5. The molecule has 1 rings (SSSR count). The average molecular weight is 316 g/mol. The Labute approximate surface area is 132 Å². The van der Waals surface area contributed by atoms with Gasteiger partial charge in [0.05, 0.1) is 12.7 Å². The molecule has 0 aliphatic heterocycles. The van der Waals surface area contributed by atoms with E-state index in [4.69, 9.17) is 21.1 Å². The van der Waals surface area contributed by atoms with E-state index in [0.29, 0.717) is 11.6 Å². The Bertz CT molecular complexity index is 413. The van der Waals surface area contributed by atoms with E-state index < -0.39 is 6.10 Å². The maximum atomic E-state index is 9.83. The zero-order chi connectivity index (χ0) is 15.7. The first kappa shape index (κ1) is 18.2. The number of hydrogen-bond acceptors (Lipinski definition) is 4. The fraction of sp³-hybridized carbons (Fsp3) is 0.625. The SMILES string of the molecule is CCCNCc1cc(Cl)ccc1OCC(O)COC(C)C. The van der Waals surface area contributed by atoms with Gasteiger partial charge >= 0.3 is 0 Å². The van der Waals surface area contributed by atoms with Crippen molar-refractivity contribution in [3.63, 3.8) is 0 Å². The van der Waals surface area contributed by atoms with E-state index in [1.165, 1.54) is 0 Å². The molecular formula is C16H26ClNO3. The van der Waals surface area contributed by atoms with E-state index in [1.807, 2.05) is 26.0 Å². The molecule has 120 valence electrons. The Kier molecular flexibility index (Phi) is 8.69. The Balaban J connectivity index is 2.52. The van der Waals surface area contributed by atoms with Crippen LogP contribution in [-0.2, 0) is 11.3 Å². The summed E-state index contributed by atoms with van der Waals surface area (Å²) in [6.45, 7) is 8.10. The first-order valence-corrected chi connectivity index (χ1v) is 7.82. The number of aliphatic hydroxyl groups excluding tert-OH is 1.